The van der Waals surface area contributed by atoms with Gasteiger partial charge in [0.1, 0.15) is 6.10 Å². The molecule has 1 heterocycles. The summed E-state index contributed by atoms with van der Waals surface area (Å²) in [5.74, 6) is 0.641. The van der Waals surface area contributed by atoms with Crippen molar-refractivity contribution in [2.45, 2.75) is 63.7 Å². The fourth-order valence-electron chi connectivity index (χ4n) is 2.61. The normalized spacial score (nSPS) is 29.0. The van der Waals surface area contributed by atoms with E-state index in [0.29, 0.717) is 18.8 Å². The Morgan fingerprint density at radius 2 is 1.95 bits per heavy atom. The van der Waals surface area contributed by atoms with Gasteiger partial charge in [-0.3, -0.25) is 9.59 Å². The van der Waals surface area contributed by atoms with E-state index < -0.39 is 6.10 Å². The molecule has 21 heavy (non-hydrogen) atoms. The van der Waals surface area contributed by atoms with Crippen LogP contribution < -0.4 is 10.6 Å². The van der Waals surface area contributed by atoms with Gasteiger partial charge in [-0.25, -0.2) is 0 Å². The van der Waals surface area contributed by atoms with Crippen molar-refractivity contribution < 1.29 is 19.4 Å². The minimum atomic E-state index is -0.421. The van der Waals surface area contributed by atoms with Gasteiger partial charge in [-0.1, -0.05) is 6.92 Å². The first-order valence-electron chi connectivity index (χ1n) is 7.94. The lowest BCUT2D eigenvalue weighted by atomic mass is 9.97. The van der Waals surface area contributed by atoms with Crippen LogP contribution in [-0.4, -0.2) is 48.3 Å². The first kappa shape index (κ1) is 16.2. The largest absolute Gasteiger partial charge is 0.394 e. The highest BCUT2D eigenvalue weighted by atomic mass is 16.5. The third-order valence-corrected chi connectivity index (χ3v) is 4.16. The lowest BCUT2D eigenvalue weighted by Crippen LogP contribution is -2.51. The van der Waals surface area contributed by atoms with Crippen molar-refractivity contribution in [3.63, 3.8) is 0 Å². The molecule has 0 unspecified atom stereocenters. The Balaban J connectivity index is 1.73. The van der Waals surface area contributed by atoms with E-state index in [1.807, 2.05) is 0 Å². The average molecular weight is 298 g/mol. The van der Waals surface area contributed by atoms with E-state index in [-0.39, 0.29) is 30.6 Å². The highest BCUT2D eigenvalue weighted by molar-refractivity contribution is 5.76. The quantitative estimate of drug-likeness (QED) is 0.632. The van der Waals surface area contributed by atoms with E-state index in [0.717, 1.165) is 19.4 Å². The minimum absolute atomic E-state index is 0.0135. The van der Waals surface area contributed by atoms with Crippen LogP contribution in [0.4, 0.5) is 0 Å². The van der Waals surface area contributed by atoms with E-state index in [1.165, 1.54) is 12.8 Å². The van der Waals surface area contributed by atoms with E-state index in [9.17, 15) is 14.7 Å². The van der Waals surface area contributed by atoms with Crippen LogP contribution in [0.5, 0.6) is 0 Å². The summed E-state index contributed by atoms with van der Waals surface area (Å²) in [5, 5.41) is 15.2. The molecule has 1 saturated heterocycles. The Labute approximate surface area is 125 Å². The second-order valence-corrected chi connectivity index (χ2v) is 6.04. The maximum atomic E-state index is 11.8. The number of hydrogen-bond donors (Lipinski definition) is 3. The fraction of sp³-hybridized carbons (Fsp3) is 0.867. The molecule has 0 spiro atoms. The van der Waals surface area contributed by atoms with Gasteiger partial charge in [0.05, 0.1) is 25.2 Å². The number of carbonyl (C=O) groups excluding carboxylic acids is 2. The van der Waals surface area contributed by atoms with Crippen molar-refractivity contribution >= 4 is 11.8 Å². The summed E-state index contributed by atoms with van der Waals surface area (Å²) in [4.78, 5) is 23.3. The molecular formula is C15H26N2O4. The van der Waals surface area contributed by atoms with Crippen LogP contribution in [0.25, 0.3) is 0 Å². The number of nitrogens with one attached hydrogen (secondary N) is 2. The number of aliphatic hydroxyl groups is 1. The monoisotopic (exact) mass is 298 g/mol. The first-order valence-corrected chi connectivity index (χ1v) is 7.94. The van der Waals surface area contributed by atoms with E-state index >= 15 is 0 Å². The van der Waals surface area contributed by atoms with Crippen molar-refractivity contribution in [2.24, 2.45) is 5.92 Å². The Kier molecular flexibility index (Phi) is 5.99. The topological polar surface area (TPSA) is 87.7 Å². The van der Waals surface area contributed by atoms with Crippen molar-refractivity contribution in [1.82, 2.24) is 10.6 Å². The SMILES string of the molecule is CCC(=O)N[C@@H]1CC[C@H](CC(=O)NCC2CC2)O[C@H]1CO. The van der Waals surface area contributed by atoms with Crippen LogP contribution in [0.3, 0.4) is 0 Å². The fourth-order valence-corrected chi connectivity index (χ4v) is 2.61. The summed E-state index contributed by atoms with van der Waals surface area (Å²) in [6.45, 7) is 2.42. The van der Waals surface area contributed by atoms with Gasteiger partial charge in [-0.05, 0) is 31.6 Å². The number of ether oxygens (including phenoxy) is 1. The molecular weight excluding hydrogens is 272 g/mol. The summed E-state index contributed by atoms with van der Waals surface area (Å²) in [5.41, 5.74) is 0. The number of rotatable bonds is 7. The number of aliphatic hydroxyl groups excluding tert-OH is 1. The van der Waals surface area contributed by atoms with Crippen LogP contribution in [0.1, 0.15) is 45.4 Å². The predicted octanol–water partition coefficient (Wildman–Crippen LogP) is 0.337. The number of carbonyl (C=O) groups is 2. The van der Waals surface area contributed by atoms with Crippen LogP contribution in [0, 0.1) is 5.92 Å². The molecule has 0 aromatic rings. The lowest BCUT2D eigenvalue weighted by molar-refractivity contribution is -0.135. The molecule has 1 saturated carbocycles. The molecule has 0 bridgehead atoms. The molecule has 0 radical (unpaired) electrons. The van der Waals surface area contributed by atoms with Crippen molar-refractivity contribution in [3.05, 3.63) is 0 Å². The second kappa shape index (κ2) is 7.75. The third-order valence-electron chi connectivity index (χ3n) is 4.16. The predicted molar refractivity (Wildman–Crippen MR) is 77.6 cm³/mol. The molecule has 6 nitrogen and oxygen atoms in total. The highest BCUT2D eigenvalue weighted by Gasteiger charge is 2.32. The summed E-state index contributed by atoms with van der Waals surface area (Å²) < 4.78 is 5.76. The molecule has 1 aliphatic heterocycles. The Bertz CT molecular complexity index is 371. The Morgan fingerprint density at radius 1 is 1.19 bits per heavy atom. The second-order valence-electron chi connectivity index (χ2n) is 6.04. The van der Waals surface area contributed by atoms with E-state index in [4.69, 9.17) is 4.74 Å². The molecule has 3 atom stereocenters. The smallest absolute Gasteiger partial charge is 0.222 e. The molecule has 6 heteroatoms. The van der Waals surface area contributed by atoms with Crippen molar-refractivity contribution in [1.29, 1.82) is 0 Å². The molecule has 3 N–H and O–H groups in total. The maximum absolute atomic E-state index is 11.8. The van der Waals surface area contributed by atoms with Gasteiger partial charge in [0.2, 0.25) is 11.8 Å². The van der Waals surface area contributed by atoms with Crippen molar-refractivity contribution in [3.8, 4) is 0 Å². The van der Waals surface area contributed by atoms with Gasteiger partial charge in [-0.15, -0.1) is 0 Å². The van der Waals surface area contributed by atoms with Crippen LogP contribution in [0.2, 0.25) is 0 Å². The number of hydrogen-bond acceptors (Lipinski definition) is 4. The van der Waals surface area contributed by atoms with E-state index in [2.05, 4.69) is 10.6 Å². The van der Waals surface area contributed by atoms with Crippen LogP contribution >= 0.6 is 0 Å². The zero-order valence-electron chi connectivity index (χ0n) is 12.6. The zero-order valence-corrected chi connectivity index (χ0v) is 12.6. The molecule has 2 rings (SSSR count). The van der Waals surface area contributed by atoms with Crippen LogP contribution in [-0.2, 0) is 14.3 Å². The lowest BCUT2D eigenvalue weighted by Gasteiger charge is -2.36. The minimum Gasteiger partial charge on any atom is -0.394 e. The van der Waals surface area contributed by atoms with Gasteiger partial charge in [0.15, 0.2) is 0 Å². The summed E-state index contributed by atoms with van der Waals surface area (Å²) in [6, 6.07) is -0.159. The zero-order chi connectivity index (χ0) is 15.2. The van der Waals surface area contributed by atoms with Gasteiger partial charge >= 0.3 is 0 Å². The molecule has 0 aromatic carbocycles. The Morgan fingerprint density at radius 3 is 2.57 bits per heavy atom. The number of amides is 2. The summed E-state index contributed by atoms with van der Waals surface area (Å²) >= 11 is 0. The molecule has 1 aliphatic carbocycles. The summed E-state index contributed by atoms with van der Waals surface area (Å²) in [7, 11) is 0. The van der Waals surface area contributed by atoms with Crippen LogP contribution in [0.15, 0.2) is 0 Å². The van der Waals surface area contributed by atoms with Gasteiger partial charge < -0.3 is 20.5 Å². The highest BCUT2D eigenvalue weighted by Crippen LogP contribution is 2.27. The maximum Gasteiger partial charge on any atom is 0.222 e. The molecule has 2 aliphatic rings. The third kappa shape index (κ3) is 5.28. The molecule has 120 valence electrons. The average Bonchev–Trinajstić information content (AvgIpc) is 3.30. The summed E-state index contributed by atoms with van der Waals surface area (Å²) in [6.07, 6.45) is 4.04. The van der Waals surface area contributed by atoms with Gasteiger partial charge in [0, 0.05) is 13.0 Å². The Hall–Kier alpha value is -1.14. The molecule has 2 fully saturated rings. The molecule has 2 amide bonds. The van der Waals surface area contributed by atoms with E-state index in [1.54, 1.807) is 6.92 Å². The van der Waals surface area contributed by atoms with Crippen molar-refractivity contribution in [2.75, 3.05) is 13.2 Å². The van der Waals surface area contributed by atoms with Gasteiger partial charge in [0.25, 0.3) is 0 Å². The van der Waals surface area contributed by atoms with Gasteiger partial charge in [-0.2, -0.15) is 0 Å². The standard InChI is InChI=1S/C15H26N2O4/c1-2-14(19)17-12-6-5-11(21-13(12)9-18)7-15(20)16-8-10-3-4-10/h10-13,18H,2-9H2,1H3,(H,16,20)(H,17,19)/t11-,12-,13+/m1/s1. The molecule has 0 aromatic heterocycles. The first-order chi connectivity index (χ1) is 10.1.